The zero-order valence-electron chi connectivity index (χ0n) is 10.5. The molecule has 0 aromatic rings. The quantitative estimate of drug-likeness (QED) is 0.444. The lowest BCUT2D eigenvalue weighted by molar-refractivity contribution is -0.136. The summed E-state index contributed by atoms with van der Waals surface area (Å²) >= 11 is 0. The summed E-state index contributed by atoms with van der Waals surface area (Å²) in [6.45, 7) is 15.9. The summed E-state index contributed by atoms with van der Waals surface area (Å²) in [6, 6.07) is 0. The Bertz CT molecular complexity index is 214. The van der Waals surface area contributed by atoms with E-state index in [4.69, 9.17) is 0 Å². The Morgan fingerprint density at radius 3 is 2.00 bits per heavy atom. The van der Waals surface area contributed by atoms with Crippen molar-refractivity contribution in [3.05, 3.63) is 24.8 Å². The minimum absolute atomic E-state index is 0.230. The molecule has 0 aliphatic heterocycles. The summed E-state index contributed by atoms with van der Waals surface area (Å²) in [6.07, 6.45) is 1.87. The largest absolute Gasteiger partial charge is 0.466 e. The van der Waals surface area contributed by atoms with Crippen molar-refractivity contribution in [3.8, 4) is 0 Å². The Kier molecular flexibility index (Phi) is 8.98. The number of hydrogen-bond donors (Lipinski definition) is 1. The molecule has 15 heavy (non-hydrogen) atoms. The fourth-order valence-corrected chi connectivity index (χ4v) is 0.553. The topological polar surface area (TPSA) is 38.3 Å². The molecule has 0 rings (SSSR count). The van der Waals surface area contributed by atoms with E-state index in [0.717, 1.165) is 6.54 Å². The van der Waals surface area contributed by atoms with Crippen LogP contribution in [0.25, 0.3) is 0 Å². The summed E-state index contributed by atoms with van der Waals surface area (Å²) in [5.74, 6) is -0.347. The van der Waals surface area contributed by atoms with Gasteiger partial charge in [-0.2, -0.15) is 0 Å². The minimum atomic E-state index is -0.347. The number of hydrogen-bond acceptors (Lipinski definition) is 3. The van der Waals surface area contributed by atoms with Gasteiger partial charge in [-0.05, 0) is 27.7 Å². The number of methoxy groups -OCH3 is 1. The molecule has 88 valence electrons. The second kappa shape index (κ2) is 8.24. The van der Waals surface area contributed by atoms with Crippen molar-refractivity contribution in [2.24, 2.45) is 0 Å². The highest BCUT2D eigenvalue weighted by Crippen LogP contribution is 1.96. The zero-order valence-corrected chi connectivity index (χ0v) is 10.5. The van der Waals surface area contributed by atoms with Gasteiger partial charge in [-0.25, -0.2) is 4.79 Å². The Balaban J connectivity index is 0. The van der Waals surface area contributed by atoms with Crippen LogP contribution in [0.2, 0.25) is 0 Å². The van der Waals surface area contributed by atoms with Gasteiger partial charge in [0.1, 0.15) is 0 Å². The van der Waals surface area contributed by atoms with Crippen LogP contribution in [0, 0.1) is 0 Å². The first-order valence-corrected chi connectivity index (χ1v) is 4.84. The van der Waals surface area contributed by atoms with Gasteiger partial charge < -0.3 is 10.1 Å². The van der Waals surface area contributed by atoms with E-state index < -0.39 is 0 Å². The Labute approximate surface area is 93.2 Å². The van der Waals surface area contributed by atoms with E-state index >= 15 is 0 Å². The first-order valence-electron chi connectivity index (χ1n) is 4.84. The summed E-state index contributed by atoms with van der Waals surface area (Å²) in [7, 11) is 1.33. The molecular formula is C12H23NO2. The Morgan fingerprint density at radius 2 is 1.93 bits per heavy atom. The molecule has 0 bridgehead atoms. The molecule has 0 radical (unpaired) electrons. The molecule has 0 fully saturated rings. The van der Waals surface area contributed by atoms with Crippen molar-refractivity contribution in [3.63, 3.8) is 0 Å². The van der Waals surface area contributed by atoms with E-state index in [2.05, 4.69) is 44.0 Å². The minimum Gasteiger partial charge on any atom is -0.466 e. The third-order valence-electron chi connectivity index (χ3n) is 1.31. The molecule has 3 heteroatoms. The lowest BCUT2D eigenvalue weighted by Gasteiger charge is -2.18. The van der Waals surface area contributed by atoms with Crippen LogP contribution in [-0.2, 0) is 9.53 Å². The third kappa shape index (κ3) is 15.6. The third-order valence-corrected chi connectivity index (χ3v) is 1.31. The van der Waals surface area contributed by atoms with Crippen molar-refractivity contribution in [2.75, 3.05) is 13.7 Å². The van der Waals surface area contributed by atoms with Crippen LogP contribution in [0.1, 0.15) is 27.7 Å². The predicted octanol–water partition coefficient (Wildman–Crippen LogP) is 2.30. The highest BCUT2D eigenvalue weighted by molar-refractivity contribution is 5.86. The van der Waals surface area contributed by atoms with Crippen LogP contribution in [0.4, 0.5) is 0 Å². The van der Waals surface area contributed by atoms with Gasteiger partial charge in [0.2, 0.25) is 0 Å². The van der Waals surface area contributed by atoms with Crippen molar-refractivity contribution in [2.45, 2.75) is 33.2 Å². The van der Waals surface area contributed by atoms with Gasteiger partial charge in [0.25, 0.3) is 0 Å². The summed E-state index contributed by atoms with van der Waals surface area (Å²) in [4.78, 5) is 10.2. The van der Waals surface area contributed by atoms with Crippen LogP contribution < -0.4 is 5.32 Å². The van der Waals surface area contributed by atoms with E-state index in [1.807, 2.05) is 6.08 Å². The summed E-state index contributed by atoms with van der Waals surface area (Å²) < 4.78 is 4.27. The summed E-state index contributed by atoms with van der Waals surface area (Å²) in [5, 5.41) is 3.25. The van der Waals surface area contributed by atoms with Gasteiger partial charge in [-0.3, -0.25) is 0 Å². The lowest BCUT2D eigenvalue weighted by Crippen LogP contribution is -2.35. The molecule has 0 aliphatic carbocycles. The highest BCUT2D eigenvalue weighted by atomic mass is 16.5. The lowest BCUT2D eigenvalue weighted by atomic mass is 10.1. The maximum absolute atomic E-state index is 10.2. The normalized spacial score (nSPS) is 9.67. The molecule has 0 unspecified atom stereocenters. The fraction of sp³-hybridized carbons (Fsp3) is 0.583. The first-order chi connectivity index (χ1) is 6.74. The van der Waals surface area contributed by atoms with Crippen molar-refractivity contribution < 1.29 is 9.53 Å². The van der Waals surface area contributed by atoms with Crippen molar-refractivity contribution in [1.29, 1.82) is 0 Å². The SMILES string of the molecule is C=C(C)C(=O)OC.C=CCNC(C)(C)C. The number of carbonyl (C=O) groups excluding carboxylic acids is 1. The van der Waals surface area contributed by atoms with Gasteiger partial charge in [-0.15, -0.1) is 6.58 Å². The molecular weight excluding hydrogens is 190 g/mol. The van der Waals surface area contributed by atoms with Crippen molar-refractivity contribution in [1.82, 2.24) is 5.32 Å². The van der Waals surface area contributed by atoms with Gasteiger partial charge >= 0.3 is 5.97 Å². The fourth-order valence-electron chi connectivity index (χ4n) is 0.553. The van der Waals surface area contributed by atoms with Crippen LogP contribution in [-0.4, -0.2) is 25.2 Å². The van der Waals surface area contributed by atoms with E-state index in [-0.39, 0.29) is 11.5 Å². The second-order valence-electron chi connectivity index (χ2n) is 4.19. The molecule has 0 spiro atoms. The molecule has 0 amide bonds. The molecule has 0 aliphatic rings. The second-order valence-corrected chi connectivity index (χ2v) is 4.19. The van der Waals surface area contributed by atoms with Crippen molar-refractivity contribution >= 4 is 5.97 Å². The van der Waals surface area contributed by atoms with Gasteiger partial charge in [-0.1, -0.05) is 12.7 Å². The number of esters is 1. The predicted molar refractivity (Wildman–Crippen MR) is 64.8 cm³/mol. The number of carbonyl (C=O) groups is 1. The highest BCUT2D eigenvalue weighted by Gasteiger charge is 2.04. The Morgan fingerprint density at radius 1 is 1.47 bits per heavy atom. The van der Waals surface area contributed by atoms with E-state index in [9.17, 15) is 4.79 Å². The molecule has 0 aromatic carbocycles. The molecule has 0 atom stereocenters. The zero-order chi connectivity index (χ0) is 12.5. The first kappa shape index (κ1) is 16.3. The number of rotatable bonds is 3. The molecule has 3 nitrogen and oxygen atoms in total. The standard InChI is InChI=1S/C7H15N.C5H8O2/c1-5-6-8-7(2,3)4;1-4(2)5(6)7-3/h5,8H,1,6H2,2-4H3;1H2,2-3H3. The molecule has 0 saturated heterocycles. The van der Waals surface area contributed by atoms with Crippen LogP contribution in [0.5, 0.6) is 0 Å². The maximum atomic E-state index is 10.2. The molecule has 0 heterocycles. The van der Waals surface area contributed by atoms with Crippen LogP contribution in [0.3, 0.4) is 0 Å². The van der Waals surface area contributed by atoms with Gasteiger partial charge in [0.05, 0.1) is 7.11 Å². The van der Waals surface area contributed by atoms with E-state index in [1.165, 1.54) is 7.11 Å². The number of nitrogens with one attached hydrogen (secondary N) is 1. The number of ether oxygens (including phenoxy) is 1. The van der Waals surface area contributed by atoms with E-state index in [0.29, 0.717) is 5.57 Å². The maximum Gasteiger partial charge on any atom is 0.332 e. The average Bonchev–Trinajstić information content (AvgIpc) is 2.13. The monoisotopic (exact) mass is 213 g/mol. The average molecular weight is 213 g/mol. The molecule has 0 saturated carbocycles. The smallest absolute Gasteiger partial charge is 0.332 e. The molecule has 0 aromatic heterocycles. The Hall–Kier alpha value is -1.09. The van der Waals surface area contributed by atoms with Crippen LogP contribution in [0.15, 0.2) is 24.8 Å². The van der Waals surface area contributed by atoms with Gasteiger partial charge in [0.15, 0.2) is 0 Å². The van der Waals surface area contributed by atoms with E-state index in [1.54, 1.807) is 6.92 Å². The summed E-state index contributed by atoms with van der Waals surface area (Å²) in [5.41, 5.74) is 0.663. The molecule has 1 N–H and O–H groups in total. The van der Waals surface area contributed by atoms with Gasteiger partial charge in [0, 0.05) is 17.7 Å². The van der Waals surface area contributed by atoms with Crippen LogP contribution >= 0.6 is 0 Å².